The van der Waals surface area contributed by atoms with Gasteiger partial charge in [-0.15, -0.1) is 10.2 Å². The Morgan fingerprint density at radius 1 is 1.06 bits per heavy atom. The SMILES string of the molecule is CCc1nnc(SCC(=O)Nc2cc(-c3ccc(C)cc3)nn2-c2ccccc2)n1C. The van der Waals surface area contributed by atoms with Crippen molar-refractivity contribution in [3.8, 4) is 16.9 Å². The van der Waals surface area contributed by atoms with Crippen molar-refractivity contribution in [3.63, 3.8) is 0 Å². The van der Waals surface area contributed by atoms with Crippen LogP contribution in [0.25, 0.3) is 16.9 Å². The summed E-state index contributed by atoms with van der Waals surface area (Å²) >= 11 is 1.36. The van der Waals surface area contributed by atoms with Crippen LogP contribution in [0.15, 0.2) is 65.8 Å². The zero-order chi connectivity index (χ0) is 21.8. The Morgan fingerprint density at radius 3 is 2.48 bits per heavy atom. The Kier molecular flexibility index (Phi) is 6.18. The number of anilines is 1. The van der Waals surface area contributed by atoms with Gasteiger partial charge in [-0.2, -0.15) is 5.10 Å². The lowest BCUT2D eigenvalue weighted by molar-refractivity contribution is -0.113. The number of thioether (sulfide) groups is 1. The van der Waals surface area contributed by atoms with Gasteiger partial charge in [0.25, 0.3) is 0 Å². The van der Waals surface area contributed by atoms with Crippen LogP contribution in [-0.4, -0.2) is 36.2 Å². The summed E-state index contributed by atoms with van der Waals surface area (Å²) in [6.07, 6.45) is 0.800. The van der Waals surface area contributed by atoms with Gasteiger partial charge in [-0.05, 0) is 19.1 Å². The fourth-order valence-electron chi connectivity index (χ4n) is 3.19. The smallest absolute Gasteiger partial charge is 0.236 e. The normalized spacial score (nSPS) is 10.9. The zero-order valence-electron chi connectivity index (χ0n) is 17.7. The van der Waals surface area contributed by atoms with Gasteiger partial charge in [-0.25, -0.2) is 4.68 Å². The van der Waals surface area contributed by atoms with E-state index in [2.05, 4.69) is 34.6 Å². The van der Waals surface area contributed by atoms with E-state index < -0.39 is 0 Å². The maximum Gasteiger partial charge on any atom is 0.236 e. The van der Waals surface area contributed by atoms with E-state index in [0.29, 0.717) is 5.82 Å². The molecule has 1 N–H and O–H groups in total. The lowest BCUT2D eigenvalue weighted by Crippen LogP contribution is -2.17. The molecule has 7 nitrogen and oxygen atoms in total. The Bertz CT molecular complexity index is 1180. The van der Waals surface area contributed by atoms with E-state index >= 15 is 0 Å². The molecule has 4 aromatic rings. The highest BCUT2D eigenvalue weighted by Crippen LogP contribution is 2.25. The first kappa shape index (κ1) is 20.9. The van der Waals surface area contributed by atoms with Crippen molar-refractivity contribution in [3.05, 3.63) is 72.1 Å². The number of carbonyl (C=O) groups excluding carboxylic acids is 1. The van der Waals surface area contributed by atoms with Crippen molar-refractivity contribution in [2.75, 3.05) is 11.1 Å². The number of hydrogen-bond acceptors (Lipinski definition) is 5. The molecular formula is C23H24N6OS. The molecule has 158 valence electrons. The predicted molar refractivity (Wildman–Crippen MR) is 123 cm³/mol. The molecule has 0 saturated carbocycles. The summed E-state index contributed by atoms with van der Waals surface area (Å²) in [7, 11) is 1.91. The third-order valence-corrected chi connectivity index (χ3v) is 5.92. The minimum absolute atomic E-state index is 0.126. The average molecular weight is 433 g/mol. The maximum absolute atomic E-state index is 12.7. The maximum atomic E-state index is 12.7. The fourth-order valence-corrected chi connectivity index (χ4v) is 3.92. The van der Waals surface area contributed by atoms with Gasteiger partial charge >= 0.3 is 0 Å². The van der Waals surface area contributed by atoms with Crippen molar-refractivity contribution >= 4 is 23.5 Å². The number of benzene rings is 2. The summed E-state index contributed by atoms with van der Waals surface area (Å²) in [5, 5.41) is 16.8. The molecule has 0 fully saturated rings. The highest BCUT2D eigenvalue weighted by atomic mass is 32.2. The second-order valence-electron chi connectivity index (χ2n) is 7.18. The van der Waals surface area contributed by atoms with Gasteiger partial charge in [0.15, 0.2) is 5.16 Å². The summed E-state index contributed by atoms with van der Waals surface area (Å²) < 4.78 is 3.68. The van der Waals surface area contributed by atoms with Crippen LogP contribution < -0.4 is 5.32 Å². The Balaban J connectivity index is 1.56. The van der Waals surface area contributed by atoms with Crippen molar-refractivity contribution in [1.29, 1.82) is 0 Å². The number of nitrogens with zero attached hydrogens (tertiary/aromatic N) is 5. The zero-order valence-corrected chi connectivity index (χ0v) is 18.6. The summed E-state index contributed by atoms with van der Waals surface area (Å²) in [6.45, 7) is 4.08. The molecule has 2 aromatic carbocycles. The monoisotopic (exact) mass is 432 g/mol. The van der Waals surface area contributed by atoms with Gasteiger partial charge in [0.05, 0.1) is 17.1 Å². The van der Waals surface area contributed by atoms with Gasteiger partial charge < -0.3 is 9.88 Å². The largest absolute Gasteiger partial charge is 0.310 e. The minimum atomic E-state index is -0.126. The second kappa shape index (κ2) is 9.18. The number of amides is 1. The van der Waals surface area contributed by atoms with Crippen molar-refractivity contribution in [2.24, 2.45) is 7.05 Å². The predicted octanol–water partition coefficient (Wildman–Crippen LogP) is 4.27. The standard InChI is InChI=1S/C23H24N6OS/c1-4-20-25-26-23(28(20)3)31-15-22(30)24-21-14-19(17-12-10-16(2)11-13-17)27-29(21)18-8-6-5-7-9-18/h5-14H,4,15H2,1-3H3,(H,24,30). The topological polar surface area (TPSA) is 77.6 Å². The van der Waals surface area contributed by atoms with E-state index in [1.54, 1.807) is 4.68 Å². The number of aromatic nitrogens is 5. The summed E-state index contributed by atoms with van der Waals surface area (Å²) in [5.74, 6) is 1.63. The summed E-state index contributed by atoms with van der Waals surface area (Å²) in [4.78, 5) is 12.7. The molecule has 0 unspecified atom stereocenters. The second-order valence-corrected chi connectivity index (χ2v) is 8.12. The number of aryl methyl sites for hydroxylation is 2. The molecule has 0 aliphatic carbocycles. The number of rotatable bonds is 7. The molecule has 0 bridgehead atoms. The number of carbonyl (C=O) groups is 1. The van der Waals surface area contributed by atoms with Crippen LogP contribution in [0.4, 0.5) is 5.82 Å². The number of nitrogens with one attached hydrogen (secondary N) is 1. The van der Waals surface area contributed by atoms with Crippen LogP contribution in [0.3, 0.4) is 0 Å². The Labute approximate surface area is 185 Å². The molecule has 0 aliphatic heterocycles. The van der Waals surface area contributed by atoms with Gasteiger partial charge in [0.2, 0.25) is 5.91 Å². The molecule has 31 heavy (non-hydrogen) atoms. The van der Waals surface area contributed by atoms with Crippen molar-refractivity contribution < 1.29 is 4.79 Å². The third-order valence-electron chi connectivity index (χ3n) is 4.90. The van der Waals surface area contributed by atoms with Crippen LogP contribution in [0.1, 0.15) is 18.3 Å². The van der Waals surface area contributed by atoms with E-state index in [4.69, 9.17) is 5.10 Å². The molecule has 0 spiro atoms. The molecule has 2 aromatic heterocycles. The Morgan fingerprint density at radius 2 is 1.81 bits per heavy atom. The third kappa shape index (κ3) is 4.69. The molecule has 1 amide bonds. The molecule has 2 heterocycles. The highest BCUT2D eigenvalue weighted by molar-refractivity contribution is 7.99. The molecule has 0 aliphatic rings. The number of para-hydroxylation sites is 1. The first-order valence-corrected chi connectivity index (χ1v) is 11.1. The lowest BCUT2D eigenvalue weighted by Gasteiger charge is -2.08. The van der Waals surface area contributed by atoms with Crippen LogP contribution in [0.2, 0.25) is 0 Å². The fraction of sp³-hybridized carbons (Fsp3) is 0.217. The molecule has 0 radical (unpaired) electrons. The van der Waals surface area contributed by atoms with Crippen LogP contribution in [-0.2, 0) is 18.3 Å². The first-order chi connectivity index (χ1) is 15.0. The van der Waals surface area contributed by atoms with E-state index in [0.717, 1.165) is 34.3 Å². The van der Waals surface area contributed by atoms with Crippen molar-refractivity contribution in [1.82, 2.24) is 24.5 Å². The minimum Gasteiger partial charge on any atom is -0.310 e. The first-order valence-electron chi connectivity index (χ1n) is 10.1. The van der Waals surface area contributed by atoms with Crippen LogP contribution in [0.5, 0.6) is 0 Å². The summed E-state index contributed by atoms with van der Waals surface area (Å²) in [6, 6.07) is 19.8. The molecule has 8 heteroatoms. The molecule has 4 rings (SSSR count). The lowest BCUT2D eigenvalue weighted by atomic mass is 10.1. The van der Waals surface area contributed by atoms with Crippen molar-refractivity contribution in [2.45, 2.75) is 25.4 Å². The molecular weight excluding hydrogens is 408 g/mol. The Hall–Kier alpha value is -3.39. The quantitative estimate of drug-likeness (QED) is 0.441. The number of hydrogen-bond donors (Lipinski definition) is 1. The average Bonchev–Trinajstić information content (AvgIpc) is 3.36. The van der Waals surface area contributed by atoms with E-state index in [-0.39, 0.29) is 11.7 Å². The molecule has 0 atom stereocenters. The van der Waals surface area contributed by atoms with E-state index in [1.807, 2.05) is 67.1 Å². The van der Waals surface area contributed by atoms with Gasteiger partial charge in [-0.1, -0.05) is 66.7 Å². The van der Waals surface area contributed by atoms with Gasteiger partial charge in [0.1, 0.15) is 11.6 Å². The highest BCUT2D eigenvalue weighted by Gasteiger charge is 2.15. The van der Waals surface area contributed by atoms with Crippen LogP contribution in [0, 0.1) is 6.92 Å². The van der Waals surface area contributed by atoms with E-state index in [1.165, 1.54) is 17.3 Å². The van der Waals surface area contributed by atoms with E-state index in [9.17, 15) is 4.79 Å². The van der Waals surface area contributed by atoms with Gasteiger partial charge in [0, 0.05) is 25.1 Å². The molecule has 0 saturated heterocycles. The van der Waals surface area contributed by atoms with Crippen LogP contribution >= 0.6 is 11.8 Å². The van der Waals surface area contributed by atoms with Gasteiger partial charge in [-0.3, -0.25) is 4.79 Å². The summed E-state index contributed by atoms with van der Waals surface area (Å²) in [5.41, 5.74) is 3.86.